The van der Waals surface area contributed by atoms with Crippen molar-refractivity contribution in [2.45, 2.75) is 18.8 Å². The van der Waals surface area contributed by atoms with Crippen LogP contribution in [0.5, 0.6) is 0 Å². The standard InChI is InChI=1S/C15H15Br3S/c1-11-3-2-4-12(7-11)15(9-16,10-17)8-13-5-6-14(18)19-13/h2-7H,8-10H2,1H3. The van der Waals surface area contributed by atoms with E-state index in [4.69, 9.17) is 0 Å². The minimum absolute atomic E-state index is 0.107. The second-order valence-electron chi connectivity index (χ2n) is 4.80. The molecule has 0 nitrogen and oxygen atoms in total. The largest absolute Gasteiger partial charge is 0.133 e. The fourth-order valence-electron chi connectivity index (χ4n) is 2.14. The van der Waals surface area contributed by atoms with Crippen LogP contribution in [0.15, 0.2) is 40.2 Å². The third-order valence-electron chi connectivity index (χ3n) is 3.28. The molecule has 1 heterocycles. The first-order valence-corrected chi connectivity index (χ1v) is 9.88. The summed E-state index contributed by atoms with van der Waals surface area (Å²) >= 11 is 12.8. The summed E-state index contributed by atoms with van der Waals surface area (Å²) in [7, 11) is 0. The van der Waals surface area contributed by atoms with Gasteiger partial charge in [-0.1, -0.05) is 61.7 Å². The minimum Gasteiger partial charge on any atom is -0.133 e. The molecule has 4 heteroatoms. The fourth-order valence-corrected chi connectivity index (χ4v) is 5.74. The predicted octanol–water partition coefficient (Wildman–Crippen LogP) is 6.09. The van der Waals surface area contributed by atoms with Gasteiger partial charge in [-0.2, -0.15) is 0 Å². The highest BCUT2D eigenvalue weighted by Gasteiger charge is 2.31. The maximum atomic E-state index is 3.72. The number of halogens is 3. The van der Waals surface area contributed by atoms with Crippen LogP contribution in [0, 0.1) is 6.92 Å². The highest BCUT2D eigenvalue weighted by Crippen LogP contribution is 2.36. The van der Waals surface area contributed by atoms with Crippen molar-refractivity contribution in [1.29, 1.82) is 0 Å². The van der Waals surface area contributed by atoms with Crippen molar-refractivity contribution in [2.75, 3.05) is 10.7 Å². The predicted molar refractivity (Wildman–Crippen MR) is 96.2 cm³/mol. The van der Waals surface area contributed by atoms with Crippen LogP contribution in [0.2, 0.25) is 0 Å². The zero-order valence-electron chi connectivity index (χ0n) is 10.6. The highest BCUT2D eigenvalue weighted by atomic mass is 79.9. The second-order valence-corrected chi connectivity index (χ2v) is 8.47. The molecule has 0 fully saturated rings. The maximum Gasteiger partial charge on any atom is 0.0701 e. The number of benzene rings is 1. The Bertz CT molecular complexity index is 544. The van der Waals surface area contributed by atoms with E-state index in [9.17, 15) is 0 Å². The Kier molecular flexibility index (Phi) is 5.70. The Labute approximate surface area is 144 Å². The molecule has 0 radical (unpaired) electrons. The number of thiophene rings is 1. The summed E-state index contributed by atoms with van der Waals surface area (Å²) in [6.45, 7) is 2.15. The van der Waals surface area contributed by atoms with Gasteiger partial charge in [0.15, 0.2) is 0 Å². The lowest BCUT2D eigenvalue weighted by Crippen LogP contribution is -2.32. The van der Waals surface area contributed by atoms with Gasteiger partial charge in [0.1, 0.15) is 0 Å². The zero-order valence-corrected chi connectivity index (χ0v) is 16.2. The molecule has 2 aromatic rings. The molecule has 0 aliphatic carbocycles. The molecule has 0 bridgehead atoms. The van der Waals surface area contributed by atoms with E-state index in [0.29, 0.717) is 0 Å². The van der Waals surface area contributed by atoms with Crippen LogP contribution < -0.4 is 0 Å². The Balaban J connectivity index is 2.37. The van der Waals surface area contributed by atoms with Gasteiger partial charge in [-0.3, -0.25) is 0 Å². The summed E-state index contributed by atoms with van der Waals surface area (Å²) in [5, 5.41) is 1.90. The van der Waals surface area contributed by atoms with Crippen molar-refractivity contribution >= 4 is 59.1 Å². The topological polar surface area (TPSA) is 0 Å². The third kappa shape index (κ3) is 3.72. The fraction of sp³-hybridized carbons (Fsp3) is 0.333. The molecular formula is C15H15Br3S. The van der Waals surface area contributed by atoms with Gasteiger partial charge in [0.2, 0.25) is 0 Å². The molecule has 1 aromatic heterocycles. The molecule has 102 valence electrons. The van der Waals surface area contributed by atoms with Gasteiger partial charge < -0.3 is 0 Å². The lowest BCUT2D eigenvalue weighted by molar-refractivity contribution is 0.555. The average Bonchev–Trinajstić information content (AvgIpc) is 2.81. The molecule has 0 unspecified atom stereocenters. The van der Waals surface area contributed by atoms with E-state index < -0.39 is 0 Å². The minimum atomic E-state index is 0.107. The van der Waals surface area contributed by atoms with Crippen molar-refractivity contribution in [2.24, 2.45) is 0 Å². The van der Waals surface area contributed by atoms with Crippen molar-refractivity contribution in [3.63, 3.8) is 0 Å². The summed E-state index contributed by atoms with van der Waals surface area (Å²) < 4.78 is 1.20. The first kappa shape index (κ1) is 15.7. The molecule has 0 aliphatic rings. The molecule has 2 rings (SSSR count). The summed E-state index contributed by atoms with van der Waals surface area (Å²) in [4.78, 5) is 1.41. The summed E-state index contributed by atoms with van der Waals surface area (Å²) in [5.74, 6) is 0. The van der Waals surface area contributed by atoms with Crippen LogP contribution in [0.25, 0.3) is 0 Å². The van der Waals surface area contributed by atoms with E-state index in [1.165, 1.54) is 19.8 Å². The van der Waals surface area contributed by atoms with E-state index in [0.717, 1.165) is 17.1 Å². The molecule has 0 saturated heterocycles. The quantitative estimate of drug-likeness (QED) is 0.468. The summed E-state index contributed by atoms with van der Waals surface area (Å²) in [6.07, 6.45) is 1.04. The molecular weight excluding hydrogens is 452 g/mol. The van der Waals surface area contributed by atoms with Gasteiger partial charge in [0, 0.05) is 21.0 Å². The van der Waals surface area contributed by atoms with Crippen LogP contribution in [0.1, 0.15) is 16.0 Å². The third-order valence-corrected chi connectivity index (χ3v) is 7.05. The maximum absolute atomic E-state index is 3.72. The van der Waals surface area contributed by atoms with Crippen LogP contribution in [0.3, 0.4) is 0 Å². The van der Waals surface area contributed by atoms with E-state index in [1.807, 2.05) is 11.3 Å². The Hall–Kier alpha value is 0.360. The first-order valence-electron chi connectivity index (χ1n) is 6.03. The number of rotatable bonds is 5. The van der Waals surface area contributed by atoms with Gasteiger partial charge in [0.05, 0.1) is 3.79 Å². The van der Waals surface area contributed by atoms with Crippen molar-refractivity contribution in [3.05, 3.63) is 56.2 Å². The normalized spacial score (nSPS) is 11.8. The molecule has 0 aliphatic heterocycles. The van der Waals surface area contributed by atoms with Gasteiger partial charge in [-0.25, -0.2) is 0 Å². The average molecular weight is 467 g/mol. The van der Waals surface area contributed by atoms with Crippen LogP contribution in [-0.2, 0) is 11.8 Å². The van der Waals surface area contributed by atoms with Crippen molar-refractivity contribution < 1.29 is 0 Å². The van der Waals surface area contributed by atoms with E-state index in [-0.39, 0.29) is 5.41 Å². The van der Waals surface area contributed by atoms with Crippen LogP contribution in [-0.4, -0.2) is 10.7 Å². The molecule has 0 atom stereocenters. The van der Waals surface area contributed by atoms with Crippen LogP contribution >= 0.6 is 59.1 Å². The molecule has 0 N–H and O–H groups in total. The van der Waals surface area contributed by atoms with E-state index >= 15 is 0 Å². The summed E-state index contributed by atoms with van der Waals surface area (Å²) in [6, 6.07) is 13.2. The molecule has 0 amide bonds. The smallest absolute Gasteiger partial charge is 0.0701 e. The SMILES string of the molecule is Cc1cccc(C(CBr)(CBr)Cc2ccc(Br)s2)c1. The van der Waals surface area contributed by atoms with E-state index in [1.54, 1.807) is 0 Å². The first-order chi connectivity index (χ1) is 9.09. The molecule has 0 spiro atoms. The van der Waals surface area contributed by atoms with Gasteiger partial charge >= 0.3 is 0 Å². The van der Waals surface area contributed by atoms with Gasteiger partial charge in [0.25, 0.3) is 0 Å². The Morgan fingerprint density at radius 2 is 1.84 bits per heavy atom. The number of aryl methyl sites for hydroxylation is 1. The van der Waals surface area contributed by atoms with Gasteiger partial charge in [-0.15, -0.1) is 11.3 Å². The van der Waals surface area contributed by atoms with Crippen LogP contribution in [0.4, 0.5) is 0 Å². The second kappa shape index (κ2) is 6.88. The zero-order chi connectivity index (χ0) is 13.9. The Morgan fingerprint density at radius 1 is 1.11 bits per heavy atom. The van der Waals surface area contributed by atoms with Crippen molar-refractivity contribution in [3.8, 4) is 0 Å². The summed E-state index contributed by atoms with van der Waals surface area (Å²) in [5.41, 5.74) is 2.82. The van der Waals surface area contributed by atoms with Gasteiger partial charge in [-0.05, 0) is 47.0 Å². The number of hydrogen-bond donors (Lipinski definition) is 0. The monoisotopic (exact) mass is 464 g/mol. The molecule has 1 aromatic carbocycles. The lowest BCUT2D eigenvalue weighted by Gasteiger charge is -2.30. The highest BCUT2D eigenvalue weighted by molar-refractivity contribution is 9.11. The lowest BCUT2D eigenvalue weighted by atomic mass is 9.80. The van der Waals surface area contributed by atoms with E-state index in [2.05, 4.69) is 91.1 Å². The Morgan fingerprint density at radius 3 is 2.37 bits per heavy atom. The number of hydrogen-bond acceptors (Lipinski definition) is 1. The van der Waals surface area contributed by atoms with Crippen molar-refractivity contribution in [1.82, 2.24) is 0 Å². The molecule has 19 heavy (non-hydrogen) atoms. The number of alkyl halides is 2. The molecule has 0 saturated carbocycles.